The molecule has 3 N–H and O–H groups in total. The van der Waals surface area contributed by atoms with Crippen LogP contribution in [0.3, 0.4) is 0 Å². The number of rotatable bonds is 12. The first-order valence-electron chi connectivity index (χ1n) is 12.6. The van der Waals surface area contributed by atoms with E-state index in [0.717, 1.165) is 36.5 Å². The molecule has 0 heterocycles. The molecule has 3 aliphatic rings. The summed E-state index contributed by atoms with van der Waals surface area (Å²) in [4.78, 5) is 109. The lowest BCUT2D eigenvalue weighted by molar-refractivity contribution is -0.132. The minimum absolute atomic E-state index is 0.00505. The molecule has 0 aromatic rings. The smallest absolute Gasteiger partial charge is 0.243 e. The van der Waals surface area contributed by atoms with Crippen LogP contribution in [0.2, 0.25) is 0 Å². The highest BCUT2D eigenvalue weighted by Gasteiger charge is 2.30. The van der Waals surface area contributed by atoms with Crippen molar-refractivity contribution in [3.8, 4) is 0 Å². The number of allylic oxidation sites excluding steroid dienone is 9. The lowest BCUT2D eigenvalue weighted by Crippen LogP contribution is -2.54. The predicted molar refractivity (Wildman–Crippen MR) is 143 cm³/mol. The Morgan fingerprint density at radius 2 is 0.878 bits per heavy atom. The van der Waals surface area contributed by atoms with E-state index in [1.165, 1.54) is 32.2 Å². The summed E-state index contributed by atoms with van der Waals surface area (Å²) in [5, 5.41) is 7.92. The van der Waals surface area contributed by atoms with Gasteiger partial charge in [0.25, 0.3) is 0 Å². The largest absolute Gasteiger partial charge is 0.344 e. The van der Waals surface area contributed by atoms with Crippen LogP contribution in [0.1, 0.15) is 26.2 Å². The minimum atomic E-state index is -1.31. The first-order valence-corrected chi connectivity index (χ1v) is 12.6. The fourth-order valence-corrected chi connectivity index (χ4v) is 4.12. The van der Waals surface area contributed by atoms with Gasteiger partial charge in [-0.25, -0.2) is 0 Å². The van der Waals surface area contributed by atoms with E-state index in [-0.39, 0.29) is 24.8 Å². The van der Waals surface area contributed by atoms with Crippen molar-refractivity contribution >= 4 is 52.3 Å². The Kier molecular flexibility index (Phi) is 9.99. The Bertz CT molecular complexity index is 1440. The summed E-state index contributed by atoms with van der Waals surface area (Å²) in [5.41, 5.74) is 1.03. The molecule has 3 unspecified atom stereocenters. The van der Waals surface area contributed by atoms with Crippen molar-refractivity contribution in [3.05, 3.63) is 71.4 Å². The zero-order valence-corrected chi connectivity index (χ0v) is 22.2. The van der Waals surface area contributed by atoms with Crippen molar-refractivity contribution in [3.63, 3.8) is 0 Å². The van der Waals surface area contributed by atoms with Crippen molar-refractivity contribution < 1.29 is 43.2 Å². The van der Waals surface area contributed by atoms with Gasteiger partial charge in [-0.15, -0.1) is 0 Å². The third kappa shape index (κ3) is 8.26. The average Bonchev–Trinajstić information content (AvgIpc) is 2.92. The molecule has 0 saturated heterocycles. The van der Waals surface area contributed by atoms with E-state index in [1.807, 2.05) is 0 Å². The zero-order chi connectivity index (χ0) is 30.3. The summed E-state index contributed by atoms with van der Waals surface area (Å²) >= 11 is 0. The number of amides is 2. The topological polar surface area (TPSA) is 190 Å². The van der Waals surface area contributed by atoms with Gasteiger partial charge in [0.05, 0.1) is 12.1 Å². The standard InChI is InChI=1S/C29H27N3O9/c1-15(33)19(9-16-3-6-22(34)25(37)12-16)31-29(41)21(11-18-5-8-24(36)27(39)14-18)32-28(40)20(30-2)10-17-4-7-23(35)26(38)13-17/h3-8,12-14,19-21,30H,9-11H2,1-2H3,(H,31,41)(H,32,40). The Labute approximate surface area is 234 Å². The van der Waals surface area contributed by atoms with Crippen molar-refractivity contribution in [2.75, 3.05) is 7.05 Å². The van der Waals surface area contributed by atoms with Gasteiger partial charge in [0.2, 0.25) is 46.5 Å². The maximum Gasteiger partial charge on any atom is 0.243 e. The number of nitrogens with one attached hydrogen (secondary N) is 3. The van der Waals surface area contributed by atoms with Gasteiger partial charge in [0.15, 0.2) is 5.78 Å². The van der Waals surface area contributed by atoms with E-state index in [2.05, 4.69) is 16.0 Å². The van der Waals surface area contributed by atoms with Crippen LogP contribution in [0.4, 0.5) is 0 Å². The average molecular weight is 562 g/mol. The fourth-order valence-electron chi connectivity index (χ4n) is 4.12. The van der Waals surface area contributed by atoms with Gasteiger partial charge in [-0.05, 0) is 80.0 Å². The third-order valence-corrected chi connectivity index (χ3v) is 6.45. The molecule has 12 heteroatoms. The number of ketones is 7. The van der Waals surface area contributed by atoms with Crippen molar-refractivity contribution in [2.24, 2.45) is 0 Å². The maximum atomic E-state index is 13.4. The first kappa shape index (κ1) is 30.6. The summed E-state index contributed by atoms with van der Waals surface area (Å²) in [6.07, 6.45) is 10.3. The molecular weight excluding hydrogens is 534 g/mol. The number of carbonyl (C=O) groups excluding carboxylic acids is 9. The molecule has 0 aromatic heterocycles. The van der Waals surface area contributed by atoms with Crippen LogP contribution in [0, 0.1) is 0 Å². The molecule has 0 aromatic carbocycles. The van der Waals surface area contributed by atoms with Crippen LogP contribution in [0.5, 0.6) is 0 Å². The lowest BCUT2D eigenvalue weighted by Gasteiger charge is -2.25. The maximum absolute atomic E-state index is 13.4. The number of Topliss-reactive ketones (excluding diaryl/α,β-unsaturated/α-hetero) is 1. The van der Waals surface area contributed by atoms with Gasteiger partial charge in [0.1, 0.15) is 6.04 Å². The highest BCUT2D eigenvalue weighted by Crippen LogP contribution is 2.17. The number of likely N-dealkylation sites (N-methyl/N-ethyl adjacent to an activating group) is 1. The quantitative estimate of drug-likeness (QED) is 0.201. The van der Waals surface area contributed by atoms with E-state index in [4.69, 9.17) is 0 Å². The van der Waals surface area contributed by atoms with Crippen molar-refractivity contribution in [2.45, 2.75) is 44.3 Å². The molecular formula is C29H27N3O9. The van der Waals surface area contributed by atoms with E-state index in [1.54, 1.807) is 0 Å². The SMILES string of the molecule is CNC(CC1=CC(=O)C(=O)C=C1)C(=O)NC(CC1=CC(=O)C(=O)C=C1)C(=O)NC(CC1=CC(=O)C(=O)C=C1)C(C)=O. The highest BCUT2D eigenvalue weighted by atomic mass is 16.2. The second kappa shape index (κ2) is 13.4. The summed E-state index contributed by atoms with van der Waals surface area (Å²) in [7, 11) is 1.49. The zero-order valence-electron chi connectivity index (χ0n) is 22.2. The van der Waals surface area contributed by atoms with E-state index in [0.29, 0.717) is 11.1 Å². The van der Waals surface area contributed by atoms with Gasteiger partial charge in [-0.3, -0.25) is 43.2 Å². The van der Waals surface area contributed by atoms with Crippen LogP contribution in [-0.4, -0.2) is 77.5 Å². The summed E-state index contributed by atoms with van der Waals surface area (Å²) in [6, 6.07) is -3.36. The van der Waals surface area contributed by atoms with E-state index >= 15 is 0 Å². The third-order valence-electron chi connectivity index (χ3n) is 6.45. The van der Waals surface area contributed by atoms with Crippen LogP contribution in [-0.2, 0) is 43.2 Å². The highest BCUT2D eigenvalue weighted by molar-refractivity contribution is 6.47. The molecule has 0 fully saturated rings. The Morgan fingerprint density at radius 1 is 0.537 bits per heavy atom. The van der Waals surface area contributed by atoms with Gasteiger partial charge in [-0.1, -0.05) is 18.2 Å². The summed E-state index contributed by atoms with van der Waals surface area (Å²) in [5.74, 6) is -6.32. The van der Waals surface area contributed by atoms with Gasteiger partial charge in [0, 0.05) is 6.42 Å². The molecule has 3 rings (SSSR count). The van der Waals surface area contributed by atoms with Gasteiger partial charge < -0.3 is 16.0 Å². The second-order valence-electron chi connectivity index (χ2n) is 9.53. The first-order chi connectivity index (χ1) is 19.4. The number of carbonyl (C=O) groups is 9. The molecule has 3 atom stereocenters. The molecule has 0 saturated carbocycles. The van der Waals surface area contributed by atoms with Crippen LogP contribution in [0.25, 0.3) is 0 Å². The predicted octanol–water partition coefficient (Wildman–Crippen LogP) is -0.793. The summed E-state index contributed by atoms with van der Waals surface area (Å²) in [6.45, 7) is 1.23. The van der Waals surface area contributed by atoms with Crippen LogP contribution < -0.4 is 16.0 Å². The molecule has 212 valence electrons. The molecule has 0 spiro atoms. The Hall–Kier alpha value is -4.97. The molecule has 0 radical (unpaired) electrons. The molecule has 41 heavy (non-hydrogen) atoms. The Balaban J connectivity index is 1.80. The second-order valence-corrected chi connectivity index (χ2v) is 9.53. The van der Waals surface area contributed by atoms with Gasteiger partial charge >= 0.3 is 0 Å². The van der Waals surface area contributed by atoms with Crippen molar-refractivity contribution in [1.29, 1.82) is 0 Å². The number of hydrogen-bond donors (Lipinski definition) is 3. The normalized spacial score (nSPS) is 18.8. The number of hydrogen-bond acceptors (Lipinski definition) is 10. The molecule has 2 amide bonds. The Morgan fingerprint density at radius 3 is 1.24 bits per heavy atom. The summed E-state index contributed by atoms with van der Waals surface area (Å²) < 4.78 is 0. The monoisotopic (exact) mass is 561 g/mol. The molecule has 0 bridgehead atoms. The van der Waals surface area contributed by atoms with Gasteiger partial charge in [-0.2, -0.15) is 0 Å². The fraction of sp³-hybridized carbons (Fsp3) is 0.276. The van der Waals surface area contributed by atoms with E-state index in [9.17, 15) is 43.2 Å². The van der Waals surface area contributed by atoms with E-state index < -0.39 is 70.4 Å². The van der Waals surface area contributed by atoms with Crippen molar-refractivity contribution in [1.82, 2.24) is 16.0 Å². The molecule has 12 nitrogen and oxygen atoms in total. The van der Waals surface area contributed by atoms with Crippen LogP contribution in [0.15, 0.2) is 71.4 Å². The lowest BCUT2D eigenvalue weighted by atomic mass is 9.95. The van der Waals surface area contributed by atoms with Crippen LogP contribution >= 0.6 is 0 Å². The molecule has 0 aliphatic heterocycles. The minimum Gasteiger partial charge on any atom is -0.344 e. The molecule has 3 aliphatic carbocycles.